The van der Waals surface area contributed by atoms with Crippen LogP contribution in [0.3, 0.4) is 0 Å². The van der Waals surface area contributed by atoms with E-state index in [2.05, 4.69) is 10.2 Å². The Kier molecular flexibility index (Phi) is 7.06. The number of carbonyl (C=O) groups is 1. The Labute approximate surface area is 164 Å². The largest absolute Gasteiger partial charge is 0.481 e. The van der Waals surface area contributed by atoms with Gasteiger partial charge in [0.15, 0.2) is 6.10 Å². The van der Waals surface area contributed by atoms with Crippen molar-refractivity contribution in [3.63, 3.8) is 0 Å². The first-order valence-electron chi connectivity index (χ1n) is 9.88. The molecule has 1 unspecified atom stereocenters. The molecule has 1 fully saturated rings. The summed E-state index contributed by atoms with van der Waals surface area (Å²) in [7, 11) is 0. The van der Waals surface area contributed by atoms with Gasteiger partial charge >= 0.3 is 5.63 Å². The van der Waals surface area contributed by atoms with Gasteiger partial charge < -0.3 is 19.2 Å². The maximum atomic E-state index is 12.3. The van der Waals surface area contributed by atoms with Gasteiger partial charge in [0.25, 0.3) is 5.91 Å². The quantitative estimate of drug-likeness (QED) is 0.550. The van der Waals surface area contributed by atoms with E-state index in [0.29, 0.717) is 17.9 Å². The van der Waals surface area contributed by atoms with Crippen LogP contribution in [0.4, 0.5) is 0 Å². The van der Waals surface area contributed by atoms with Gasteiger partial charge in [0.1, 0.15) is 11.3 Å². The van der Waals surface area contributed by atoms with Crippen LogP contribution in [0.15, 0.2) is 33.5 Å². The van der Waals surface area contributed by atoms with Crippen molar-refractivity contribution < 1.29 is 18.7 Å². The highest BCUT2D eigenvalue weighted by molar-refractivity contribution is 5.82. The van der Waals surface area contributed by atoms with Gasteiger partial charge in [0.2, 0.25) is 0 Å². The molecule has 1 N–H and O–H groups in total. The first-order chi connectivity index (χ1) is 13.6. The Balaban J connectivity index is 1.51. The molecule has 1 aromatic heterocycles. The highest BCUT2D eigenvalue weighted by atomic mass is 16.5. The molecule has 1 aliphatic heterocycles. The van der Waals surface area contributed by atoms with Gasteiger partial charge in [-0.2, -0.15) is 0 Å². The molecule has 0 aliphatic carbocycles. The molecule has 152 valence electrons. The molecule has 2 aromatic rings. The average molecular weight is 388 g/mol. The molecule has 3 rings (SSSR count). The average Bonchev–Trinajstić information content (AvgIpc) is 2.70. The third-order valence-corrected chi connectivity index (χ3v) is 4.92. The summed E-state index contributed by atoms with van der Waals surface area (Å²) >= 11 is 0. The zero-order valence-corrected chi connectivity index (χ0v) is 16.5. The van der Waals surface area contributed by atoms with Gasteiger partial charge in [-0.05, 0) is 44.0 Å². The third kappa shape index (κ3) is 5.33. The summed E-state index contributed by atoms with van der Waals surface area (Å²) in [6.07, 6.45) is 0.993. The molecule has 7 nitrogen and oxygen atoms in total. The van der Waals surface area contributed by atoms with Crippen molar-refractivity contribution in [2.24, 2.45) is 0 Å². The van der Waals surface area contributed by atoms with Crippen molar-refractivity contribution in [2.75, 3.05) is 39.4 Å². The number of morpholine rings is 1. The Morgan fingerprint density at radius 1 is 1.29 bits per heavy atom. The smallest absolute Gasteiger partial charge is 0.336 e. The van der Waals surface area contributed by atoms with E-state index >= 15 is 0 Å². The van der Waals surface area contributed by atoms with Gasteiger partial charge in [-0.1, -0.05) is 6.92 Å². The number of benzene rings is 1. The van der Waals surface area contributed by atoms with Crippen molar-refractivity contribution in [1.29, 1.82) is 0 Å². The fraction of sp³-hybridized carbons (Fsp3) is 0.524. The molecule has 7 heteroatoms. The van der Waals surface area contributed by atoms with Crippen molar-refractivity contribution in [3.8, 4) is 5.75 Å². The second-order valence-electron chi connectivity index (χ2n) is 6.96. The molecular weight excluding hydrogens is 360 g/mol. The number of nitrogens with zero attached hydrogens (tertiary/aromatic N) is 1. The molecule has 1 saturated heterocycles. The predicted octanol–water partition coefficient (Wildman–Crippen LogP) is 1.96. The van der Waals surface area contributed by atoms with Crippen molar-refractivity contribution >= 4 is 16.9 Å². The maximum absolute atomic E-state index is 12.3. The van der Waals surface area contributed by atoms with Gasteiger partial charge in [-0.15, -0.1) is 0 Å². The number of nitrogens with one attached hydrogen (secondary N) is 1. The fourth-order valence-corrected chi connectivity index (χ4v) is 3.32. The van der Waals surface area contributed by atoms with E-state index in [4.69, 9.17) is 13.9 Å². The van der Waals surface area contributed by atoms with Crippen molar-refractivity contribution in [3.05, 3.63) is 40.2 Å². The highest BCUT2D eigenvalue weighted by Gasteiger charge is 2.16. The van der Waals surface area contributed by atoms with Crippen LogP contribution in [0.5, 0.6) is 5.75 Å². The van der Waals surface area contributed by atoms with Gasteiger partial charge in [-0.25, -0.2) is 4.79 Å². The number of hydrogen-bond acceptors (Lipinski definition) is 6. The minimum absolute atomic E-state index is 0.161. The Morgan fingerprint density at radius 3 is 2.82 bits per heavy atom. The standard InChI is InChI=1S/C21H28N2O5/c1-3-16-13-20(24)28-19-14-17(5-6-18(16)19)27-15(2)21(25)22-7-4-8-23-9-11-26-12-10-23/h5-6,13-15H,3-4,7-12H2,1-2H3,(H,22,25). The summed E-state index contributed by atoms with van der Waals surface area (Å²) in [5.41, 5.74) is 1.02. The molecule has 1 atom stereocenters. The monoisotopic (exact) mass is 388 g/mol. The molecule has 0 saturated carbocycles. The predicted molar refractivity (Wildman–Crippen MR) is 107 cm³/mol. The first kappa shape index (κ1) is 20.4. The molecule has 0 radical (unpaired) electrons. The normalized spacial score (nSPS) is 16.1. The molecular formula is C21H28N2O5. The molecule has 1 aliphatic rings. The van der Waals surface area contributed by atoms with E-state index in [1.165, 1.54) is 6.07 Å². The maximum Gasteiger partial charge on any atom is 0.336 e. The highest BCUT2D eigenvalue weighted by Crippen LogP contribution is 2.23. The Bertz CT molecular complexity index is 857. The summed E-state index contributed by atoms with van der Waals surface area (Å²) in [6, 6.07) is 6.83. The van der Waals surface area contributed by atoms with Crippen LogP contribution in [0.2, 0.25) is 0 Å². The summed E-state index contributed by atoms with van der Waals surface area (Å²) in [4.78, 5) is 26.3. The summed E-state index contributed by atoms with van der Waals surface area (Å²) < 4.78 is 16.3. The number of amides is 1. The van der Waals surface area contributed by atoms with Gasteiger partial charge in [0.05, 0.1) is 13.2 Å². The van der Waals surface area contributed by atoms with E-state index in [1.54, 1.807) is 19.1 Å². The van der Waals surface area contributed by atoms with Crippen molar-refractivity contribution in [2.45, 2.75) is 32.8 Å². The van der Waals surface area contributed by atoms with Crippen LogP contribution < -0.4 is 15.7 Å². The lowest BCUT2D eigenvalue weighted by molar-refractivity contribution is -0.127. The van der Waals surface area contributed by atoms with E-state index in [0.717, 1.165) is 56.6 Å². The van der Waals surface area contributed by atoms with Crippen LogP contribution in [0.25, 0.3) is 11.0 Å². The molecule has 1 amide bonds. The first-order valence-corrected chi connectivity index (χ1v) is 9.88. The molecule has 0 spiro atoms. The summed E-state index contributed by atoms with van der Waals surface area (Å²) in [5, 5.41) is 3.80. The summed E-state index contributed by atoms with van der Waals surface area (Å²) in [6.45, 7) is 8.71. The number of hydrogen-bond donors (Lipinski definition) is 1. The number of ether oxygens (including phenoxy) is 2. The molecule has 2 heterocycles. The summed E-state index contributed by atoms with van der Waals surface area (Å²) in [5.74, 6) is 0.339. The van der Waals surface area contributed by atoms with E-state index in [-0.39, 0.29) is 11.5 Å². The lowest BCUT2D eigenvalue weighted by Crippen LogP contribution is -2.40. The number of fused-ring (bicyclic) bond motifs is 1. The van der Waals surface area contributed by atoms with E-state index in [9.17, 15) is 9.59 Å². The topological polar surface area (TPSA) is 81.0 Å². The fourth-order valence-electron chi connectivity index (χ4n) is 3.32. The van der Waals surface area contributed by atoms with E-state index < -0.39 is 6.10 Å². The van der Waals surface area contributed by atoms with Crippen LogP contribution in [-0.2, 0) is 16.0 Å². The van der Waals surface area contributed by atoms with Crippen LogP contribution in [0.1, 0.15) is 25.8 Å². The van der Waals surface area contributed by atoms with Crippen LogP contribution in [-0.4, -0.2) is 56.3 Å². The second kappa shape index (κ2) is 9.71. The minimum atomic E-state index is -0.637. The third-order valence-electron chi connectivity index (χ3n) is 4.92. The van der Waals surface area contributed by atoms with E-state index in [1.807, 2.05) is 13.0 Å². The lowest BCUT2D eigenvalue weighted by atomic mass is 10.1. The van der Waals surface area contributed by atoms with Crippen LogP contribution >= 0.6 is 0 Å². The Morgan fingerprint density at radius 2 is 2.07 bits per heavy atom. The Hall–Kier alpha value is -2.38. The lowest BCUT2D eigenvalue weighted by Gasteiger charge is -2.26. The zero-order chi connectivity index (χ0) is 19.9. The van der Waals surface area contributed by atoms with Gasteiger partial charge in [0, 0.05) is 37.2 Å². The molecule has 28 heavy (non-hydrogen) atoms. The number of rotatable bonds is 8. The number of aryl methyl sites for hydroxylation is 1. The van der Waals surface area contributed by atoms with Crippen LogP contribution in [0, 0.1) is 0 Å². The molecule has 0 bridgehead atoms. The minimum Gasteiger partial charge on any atom is -0.481 e. The molecule has 1 aromatic carbocycles. The SMILES string of the molecule is CCc1cc(=O)oc2cc(OC(C)C(=O)NCCCN3CCOCC3)ccc12. The van der Waals surface area contributed by atoms with Crippen molar-refractivity contribution in [1.82, 2.24) is 10.2 Å². The van der Waals surface area contributed by atoms with Gasteiger partial charge in [-0.3, -0.25) is 9.69 Å². The number of carbonyl (C=O) groups excluding carboxylic acids is 1. The second-order valence-corrected chi connectivity index (χ2v) is 6.96. The zero-order valence-electron chi connectivity index (χ0n) is 16.5.